The zero-order valence-corrected chi connectivity index (χ0v) is 9.46. The molecule has 0 atom stereocenters. The molecular weight excluding hydrogens is 191 g/mol. The highest BCUT2D eigenvalue weighted by molar-refractivity contribution is 5.47. The first-order valence-electron chi connectivity index (χ1n) is 5.26. The van der Waals surface area contributed by atoms with Gasteiger partial charge in [-0.2, -0.15) is 0 Å². The lowest BCUT2D eigenvalue weighted by Gasteiger charge is -2.29. The lowest BCUT2D eigenvalue weighted by atomic mass is 10.2. The lowest BCUT2D eigenvalue weighted by molar-refractivity contribution is 0.589. The van der Waals surface area contributed by atoms with E-state index in [0.717, 1.165) is 26.2 Å². The van der Waals surface area contributed by atoms with Crippen LogP contribution in [0.3, 0.4) is 0 Å². The van der Waals surface area contributed by atoms with Gasteiger partial charge in [0.1, 0.15) is 0 Å². The van der Waals surface area contributed by atoms with Gasteiger partial charge in [0.25, 0.3) is 0 Å². The van der Waals surface area contributed by atoms with Gasteiger partial charge < -0.3 is 10.2 Å². The predicted molar refractivity (Wildman–Crippen MR) is 63.3 cm³/mol. The number of aryl methyl sites for hydroxylation is 1. The van der Waals surface area contributed by atoms with Gasteiger partial charge in [0, 0.05) is 31.9 Å². The van der Waals surface area contributed by atoms with Crippen molar-refractivity contribution in [3.63, 3.8) is 0 Å². The van der Waals surface area contributed by atoms with Crippen molar-refractivity contribution in [2.24, 2.45) is 0 Å². The average Bonchev–Trinajstić information content (AvgIpc) is 2.34. The molecule has 0 spiro atoms. The Balaban J connectivity index is 0.000000531. The monoisotopic (exact) mass is 210 g/mol. The summed E-state index contributed by atoms with van der Waals surface area (Å²) in [6.45, 7) is 6.59. The molecule has 1 aromatic rings. The molecule has 84 valence electrons. The van der Waals surface area contributed by atoms with Crippen molar-refractivity contribution < 1.29 is 4.39 Å². The van der Waals surface area contributed by atoms with Crippen LogP contribution in [0.25, 0.3) is 0 Å². The molecule has 1 aliphatic rings. The highest BCUT2D eigenvalue weighted by atomic mass is 19.1. The molecule has 1 heterocycles. The Labute approximate surface area is 91.1 Å². The molecule has 1 aliphatic heterocycles. The maximum atomic E-state index is 9.50. The second-order valence-corrected chi connectivity index (χ2v) is 3.57. The summed E-state index contributed by atoms with van der Waals surface area (Å²) in [5.41, 5.74) is 2.69. The van der Waals surface area contributed by atoms with E-state index in [4.69, 9.17) is 0 Å². The molecule has 1 saturated heterocycles. The molecule has 3 heteroatoms. The maximum Gasteiger partial charge on any atom is 0.0785 e. The smallest absolute Gasteiger partial charge is 0.0785 e. The third-order valence-electron chi connectivity index (χ3n) is 2.52. The van der Waals surface area contributed by atoms with E-state index in [2.05, 4.69) is 41.4 Å². The first-order valence-corrected chi connectivity index (χ1v) is 5.26. The van der Waals surface area contributed by atoms with Gasteiger partial charge in [-0.15, -0.1) is 0 Å². The second-order valence-electron chi connectivity index (χ2n) is 3.57. The van der Waals surface area contributed by atoms with E-state index in [1.54, 1.807) is 0 Å². The highest BCUT2D eigenvalue weighted by Crippen LogP contribution is 2.14. The minimum Gasteiger partial charge on any atom is -0.369 e. The van der Waals surface area contributed by atoms with Crippen molar-refractivity contribution in [1.82, 2.24) is 5.32 Å². The molecule has 0 radical (unpaired) electrons. The lowest BCUT2D eigenvalue weighted by Crippen LogP contribution is -2.43. The molecule has 0 bridgehead atoms. The number of nitrogens with one attached hydrogen (secondary N) is 1. The van der Waals surface area contributed by atoms with E-state index < -0.39 is 0 Å². The quantitative estimate of drug-likeness (QED) is 0.762. The van der Waals surface area contributed by atoms with Crippen LogP contribution < -0.4 is 10.2 Å². The number of halogens is 1. The van der Waals surface area contributed by atoms with Crippen LogP contribution in [0.2, 0.25) is 0 Å². The summed E-state index contributed by atoms with van der Waals surface area (Å²) in [5, 5.41) is 3.35. The van der Waals surface area contributed by atoms with Gasteiger partial charge in [0.05, 0.1) is 7.18 Å². The third-order valence-corrected chi connectivity index (χ3v) is 2.52. The largest absolute Gasteiger partial charge is 0.369 e. The fourth-order valence-corrected chi connectivity index (χ4v) is 1.68. The first kappa shape index (κ1) is 12.0. The van der Waals surface area contributed by atoms with E-state index in [1.807, 2.05) is 0 Å². The molecule has 15 heavy (non-hydrogen) atoms. The van der Waals surface area contributed by atoms with Crippen molar-refractivity contribution in [3.8, 4) is 0 Å². The van der Waals surface area contributed by atoms with Crippen LogP contribution in [-0.4, -0.2) is 33.4 Å². The van der Waals surface area contributed by atoms with Crippen LogP contribution in [0.4, 0.5) is 10.1 Å². The molecule has 1 N–H and O–H groups in total. The summed E-state index contributed by atoms with van der Waals surface area (Å²) < 4.78 is 9.50. The van der Waals surface area contributed by atoms with E-state index in [0.29, 0.717) is 7.18 Å². The summed E-state index contributed by atoms with van der Waals surface area (Å²) in [5.74, 6) is 0. The minimum atomic E-state index is 0.500. The van der Waals surface area contributed by atoms with Crippen molar-refractivity contribution in [1.29, 1.82) is 0 Å². The fraction of sp³-hybridized carbons (Fsp3) is 0.500. The summed E-state index contributed by atoms with van der Waals surface area (Å²) in [7, 11) is 0.500. The van der Waals surface area contributed by atoms with Gasteiger partial charge in [-0.1, -0.05) is 17.7 Å². The molecule has 1 aromatic carbocycles. The van der Waals surface area contributed by atoms with Gasteiger partial charge in [-0.25, -0.2) is 0 Å². The van der Waals surface area contributed by atoms with Crippen LogP contribution in [0, 0.1) is 6.92 Å². The number of anilines is 1. The summed E-state index contributed by atoms with van der Waals surface area (Å²) in [6.07, 6.45) is 0. The predicted octanol–water partition coefficient (Wildman–Crippen LogP) is 1.99. The molecule has 2 nitrogen and oxygen atoms in total. The SMILES string of the molecule is CF.Cc1ccc(N2CCNCC2)cc1. The first-order chi connectivity index (χ1) is 7.36. The normalized spacial score (nSPS) is 15.5. The topological polar surface area (TPSA) is 15.3 Å². The van der Waals surface area contributed by atoms with Crippen molar-refractivity contribution >= 4 is 5.69 Å². The third kappa shape index (κ3) is 3.51. The van der Waals surface area contributed by atoms with Crippen LogP contribution in [0.1, 0.15) is 5.56 Å². The van der Waals surface area contributed by atoms with Crippen LogP contribution in [0.5, 0.6) is 0 Å². The van der Waals surface area contributed by atoms with Gasteiger partial charge in [0.15, 0.2) is 0 Å². The van der Waals surface area contributed by atoms with Crippen molar-refractivity contribution in [3.05, 3.63) is 29.8 Å². The summed E-state index contributed by atoms with van der Waals surface area (Å²) in [6, 6.07) is 8.77. The Bertz CT molecular complexity index is 265. The zero-order chi connectivity index (χ0) is 11.1. The van der Waals surface area contributed by atoms with Gasteiger partial charge in [-0.3, -0.25) is 4.39 Å². The Morgan fingerprint density at radius 2 is 1.60 bits per heavy atom. The van der Waals surface area contributed by atoms with Gasteiger partial charge in [-0.05, 0) is 19.1 Å². The molecule has 0 saturated carbocycles. The minimum absolute atomic E-state index is 0.500. The van der Waals surface area contributed by atoms with Crippen LogP contribution in [-0.2, 0) is 0 Å². The Kier molecular flexibility index (Phi) is 5.12. The van der Waals surface area contributed by atoms with E-state index in [-0.39, 0.29) is 0 Å². The van der Waals surface area contributed by atoms with E-state index >= 15 is 0 Å². The Hall–Kier alpha value is -1.09. The maximum absolute atomic E-state index is 9.50. The van der Waals surface area contributed by atoms with Crippen molar-refractivity contribution in [2.45, 2.75) is 6.92 Å². The molecule has 2 rings (SSSR count). The number of rotatable bonds is 1. The van der Waals surface area contributed by atoms with Crippen molar-refractivity contribution in [2.75, 3.05) is 38.3 Å². The number of nitrogens with zero attached hydrogens (tertiary/aromatic N) is 1. The second kappa shape index (κ2) is 6.40. The molecule has 0 amide bonds. The number of piperazine rings is 1. The number of hydrogen-bond donors (Lipinski definition) is 1. The van der Waals surface area contributed by atoms with Crippen LogP contribution >= 0.6 is 0 Å². The zero-order valence-electron chi connectivity index (χ0n) is 9.46. The molecule has 0 unspecified atom stereocenters. The van der Waals surface area contributed by atoms with Gasteiger partial charge in [0.2, 0.25) is 0 Å². The van der Waals surface area contributed by atoms with E-state index in [1.165, 1.54) is 11.3 Å². The summed E-state index contributed by atoms with van der Waals surface area (Å²) >= 11 is 0. The standard InChI is InChI=1S/C11H16N2.CH3F/c1-10-2-4-11(5-3-10)13-8-6-12-7-9-13;1-2/h2-5,12H,6-9H2,1H3;1H3. The molecule has 0 aliphatic carbocycles. The fourth-order valence-electron chi connectivity index (χ4n) is 1.68. The molecule has 0 aromatic heterocycles. The number of hydrogen-bond acceptors (Lipinski definition) is 2. The molecule has 1 fully saturated rings. The Morgan fingerprint density at radius 1 is 1.07 bits per heavy atom. The average molecular weight is 210 g/mol. The van der Waals surface area contributed by atoms with Crippen LogP contribution in [0.15, 0.2) is 24.3 Å². The number of alkyl halides is 1. The Morgan fingerprint density at radius 3 is 2.13 bits per heavy atom. The number of benzene rings is 1. The molecular formula is C12H19FN2. The van der Waals surface area contributed by atoms with E-state index in [9.17, 15) is 4.39 Å². The van der Waals surface area contributed by atoms with Gasteiger partial charge >= 0.3 is 0 Å². The summed E-state index contributed by atoms with van der Waals surface area (Å²) in [4.78, 5) is 2.43. The highest BCUT2D eigenvalue weighted by Gasteiger charge is 2.08.